The van der Waals surface area contributed by atoms with E-state index >= 15 is 0 Å². The van der Waals surface area contributed by atoms with Gasteiger partial charge in [-0.2, -0.15) is 0 Å². The molecular weight excluding hydrogens is 376 g/mol. The molecule has 0 saturated carbocycles. The Kier molecular flexibility index (Phi) is 64.4. The molecule has 0 N–H and O–H groups in total. The molecule has 0 saturated heterocycles. The molecule has 0 aromatic rings. The predicted octanol–water partition coefficient (Wildman–Crippen LogP) is -0.277. The molecule has 0 spiro atoms. The summed E-state index contributed by atoms with van der Waals surface area (Å²) in [5, 5.41) is 0. The summed E-state index contributed by atoms with van der Waals surface area (Å²) in [5.41, 5.74) is 0. The summed E-state index contributed by atoms with van der Waals surface area (Å²) in [7, 11) is 0. The molecule has 0 aliphatic carbocycles. The van der Waals surface area contributed by atoms with Gasteiger partial charge in [0.25, 0.3) is 0 Å². The van der Waals surface area contributed by atoms with Gasteiger partial charge in [0, 0.05) is 38.6 Å². The maximum atomic E-state index is 7.81. The van der Waals surface area contributed by atoms with E-state index in [-0.39, 0.29) is 90.3 Å². The first kappa shape index (κ1) is 15.7. The van der Waals surface area contributed by atoms with E-state index in [1.54, 1.807) is 0 Å². The quantitative estimate of drug-likeness (QED) is 0.531. The molecule has 30 valence electrons. The molecule has 0 fully saturated rings. The summed E-state index contributed by atoms with van der Waals surface area (Å²) >= 11 is 2.94. The largest absolute Gasteiger partial charge is 0 e. The van der Waals surface area contributed by atoms with Crippen molar-refractivity contribution in [1.29, 1.82) is 0 Å². The van der Waals surface area contributed by atoms with Crippen LogP contribution in [0.15, 0.2) is 0 Å². The van der Waals surface area contributed by atoms with Gasteiger partial charge in [-0.1, -0.05) is 0 Å². The molecular formula is H2BaCuOTb. The fraction of sp³-hybridized carbons (Fsp3) is 0. The first-order valence-electron chi connectivity index (χ1n) is 0.123. The topological polar surface area (TPSA) is 17.1 Å². The summed E-state index contributed by atoms with van der Waals surface area (Å²) in [5.74, 6) is 0. The minimum atomic E-state index is 0. The van der Waals surface area contributed by atoms with E-state index in [0.29, 0.717) is 0 Å². The average Bonchev–Trinajstić information content (AvgIpc) is 1.00. The Labute approximate surface area is 107 Å². The van der Waals surface area contributed by atoms with Gasteiger partial charge in [-0.05, 0) is 0 Å². The molecule has 0 aromatic carbocycles. The summed E-state index contributed by atoms with van der Waals surface area (Å²) in [4.78, 5) is 0. The van der Waals surface area contributed by atoms with E-state index in [1.165, 1.54) is 0 Å². The molecule has 0 aliphatic rings. The van der Waals surface area contributed by atoms with Crippen LogP contribution in [-0.4, -0.2) is 48.9 Å². The average molecular weight is 378 g/mol. The zero-order valence-electron chi connectivity index (χ0n) is 3.75. The number of rotatable bonds is 0. The second-order valence-corrected chi connectivity index (χ2v) is 0. The monoisotopic (exact) mass is 378 g/mol. The molecule has 0 unspecified atom stereocenters. The molecule has 0 amide bonds. The van der Waals surface area contributed by atoms with Crippen molar-refractivity contribution in [2.75, 3.05) is 0 Å². The molecule has 4 heavy (non-hydrogen) atoms. The molecule has 0 atom stereocenters. The van der Waals surface area contributed by atoms with Crippen molar-refractivity contribution in [1.82, 2.24) is 0 Å². The van der Waals surface area contributed by atoms with Crippen molar-refractivity contribution in [3.8, 4) is 0 Å². The standard InChI is InChI=1S/Ba.Cu.O.Tb.2H/q+2;;;;2*-1. The number of hydrogen-bond acceptors (Lipinski definition) is 1. The first-order chi connectivity index (χ1) is 1.00. The summed E-state index contributed by atoms with van der Waals surface area (Å²) in [6.45, 7) is 0. The van der Waals surface area contributed by atoms with Crippen molar-refractivity contribution >= 4 is 48.9 Å². The van der Waals surface area contributed by atoms with Gasteiger partial charge in [0.15, 0.2) is 0 Å². The van der Waals surface area contributed by atoms with Crippen LogP contribution in [0.25, 0.3) is 0 Å². The Morgan fingerprint density at radius 2 is 1.50 bits per heavy atom. The molecule has 1 nitrogen and oxygen atoms in total. The summed E-state index contributed by atoms with van der Waals surface area (Å²) in [6, 6.07) is 0. The fourth-order valence-electron chi connectivity index (χ4n) is 0. The molecule has 1 radical (unpaired) electrons. The van der Waals surface area contributed by atoms with Crippen molar-refractivity contribution in [3.05, 3.63) is 0 Å². The van der Waals surface area contributed by atoms with Gasteiger partial charge in [-0.25, -0.2) is 0 Å². The van der Waals surface area contributed by atoms with Crippen LogP contribution in [0.5, 0.6) is 0 Å². The van der Waals surface area contributed by atoms with Crippen LogP contribution in [0, 0.1) is 38.6 Å². The third kappa shape index (κ3) is 8.95. The van der Waals surface area contributed by atoms with Gasteiger partial charge in [0.1, 0.15) is 0 Å². The van der Waals surface area contributed by atoms with Crippen molar-refractivity contribution in [3.63, 3.8) is 0 Å². The fourth-order valence-corrected chi connectivity index (χ4v) is 0. The Hall–Kier alpha value is 3.18. The van der Waals surface area contributed by atoms with E-state index in [4.69, 9.17) is 3.83 Å². The Morgan fingerprint density at radius 3 is 1.50 bits per heavy atom. The zero-order valence-corrected chi connectivity index (χ0v) is 9.27. The third-order valence-corrected chi connectivity index (χ3v) is 0. The van der Waals surface area contributed by atoms with Gasteiger partial charge in [0.2, 0.25) is 0 Å². The maximum absolute atomic E-state index is 7.81. The SMILES string of the molecule is [Ba+2].[H-].[H-].[O]=[Cu].[Tb]. The Bertz CT molecular complexity index is 13.5. The van der Waals surface area contributed by atoms with Crippen LogP contribution >= 0.6 is 0 Å². The molecule has 0 heterocycles. The van der Waals surface area contributed by atoms with Crippen molar-refractivity contribution in [2.45, 2.75) is 0 Å². The first-order valence-corrected chi connectivity index (χ1v) is 0.508. The van der Waals surface area contributed by atoms with E-state index in [2.05, 4.69) is 15.9 Å². The van der Waals surface area contributed by atoms with Gasteiger partial charge in [-0.15, -0.1) is 0 Å². The van der Waals surface area contributed by atoms with E-state index < -0.39 is 0 Å². The normalized spacial score (nSPS) is 1.50. The number of hydrogen-bond donors (Lipinski definition) is 0. The van der Waals surface area contributed by atoms with Crippen LogP contribution in [0.3, 0.4) is 0 Å². The maximum Gasteiger partial charge on any atom is 0 e. The second kappa shape index (κ2) is 16.4. The molecule has 0 rings (SSSR count). The van der Waals surface area contributed by atoms with E-state index in [1.807, 2.05) is 0 Å². The molecule has 0 aromatic heterocycles. The predicted molar refractivity (Wildman–Crippen MR) is 8.66 cm³/mol. The molecule has 0 aliphatic heterocycles. The third-order valence-electron chi connectivity index (χ3n) is 0. The van der Waals surface area contributed by atoms with Gasteiger partial charge in [0.05, 0.1) is 0 Å². The van der Waals surface area contributed by atoms with E-state index in [9.17, 15) is 0 Å². The minimum absolute atomic E-state index is 0. The summed E-state index contributed by atoms with van der Waals surface area (Å²) in [6.07, 6.45) is 0. The van der Waals surface area contributed by atoms with Gasteiger partial charge in [-0.3, -0.25) is 0 Å². The van der Waals surface area contributed by atoms with Gasteiger partial charge >= 0.3 is 68.7 Å². The van der Waals surface area contributed by atoms with Crippen LogP contribution in [0.2, 0.25) is 0 Å². The zero-order chi connectivity index (χ0) is 2.00. The molecule has 0 bridgehead atoms. The smallest absolute Gasteiger partial charge is 0 e. The molecule has 4 heteroatoms. The van der Waals surface area contributed by atoms with Crippen LogP contribution < -0.4 is 0 Å². The van der Waals surface area contributed by atoms with E-state index in [0.717, 1.165) is 0 Å². The minimum Gasteiger partial charge on any atom is 0 e. The van der Waals surface area contributed by atoms with Gasteiger partial charge < -0.3 is 2.85 Å². The van der Waals surface area contributed by atoms with Crippen LogP contribution in [0.4, 0.5) is 0 Å². The Morgan fingerprint density at radius 1 is 1.50 bits per heavy atom. The van der Waals surface area contributed by atoms with Crippen LogP contribution in [0.1, 0.15) is 2.85 Å². The van der Waals surface area contributed by atoms with Crippen molar-refractivity contribution in [2.24, 2.45) is 0 Å². The Balaban J connectivity index is -0.000000000833. The van der Waals surface area contributed by atoms with Crippen molar-refractivity contribution < 1.29 is 61.2 Å². The summed E-state index contributed by atoms with van der Waals surface area (Å²) < 4.78 is 7.81. The second-order valence-electron chi connectivity index (χ2n) is 0. The van der Waals surface area contributed by atoms with Crippen LogP contribution in [-0.2, 0) is 19.8 Å².